The molecule has 0 aromatic heterocycles. The van der Waals surface area contributed by atoms with Crippen LogP contribution in [0.3, 0.4) is 0 Å². The van der Waals surface area contributed by atoms with Crippen molar-refractivity contribution in [1.82, 2.24) is 0 Å². The highest BCUT2D eigenvalue weighted by Crippen LogP contribution is 2.37. The van der Waals surface area contributed by atoms with E-state index in [4.69, 9.17) is 28.4 Å². The van der Waals surface area contributed by atoms with Crippen molar-refractivity contribution < 1.29 is 57.5 Å². The van der Waals surface area contributed by atoms with Gasteiger partial charge in [-0.05, 0) is 0 Å². The molecule has 12 heteroatoms. The van der Waals surface area contributed by atoms with E-state index in [1.54, 1.807) is 0 Å². The molecule has 0 amide bonds. The van der Waals surface area contributed by atoms with E-state index < -0.39 is 66.7 Å². The van der Waals surface area contributed by atoms with Gasteiger partial charge in [-0.25, -0.2) is 4.79 Å². The Hall–Kier alpha value is -2.73. The van der Waals surface area contributed by atoms with Gasteiger partial charge in [0, 0.05) is 34.8 Å². The van der Waals surface area contributed by atoms with Crippen LogP contribution in [0.2, 0.25) is 0 Å². The Morgan fingerprint density at radius 1 is 0.857 bits per heavy atom. The average Bonchev–Trinajstić information content (AvgIpc) is 2.55. The lowest BCUT2D eigenvalue weighted by Gasteiger charge is -2.47. The van der Waals surface area contributed by atoms with Crippen LogP contribution in [0.5, 0.6) is 0 Å². The summed E-state index contributed by atoms with van der Waals surface area (Å²) in [6.07, 6.45) is -6.35. The van der Waals surface area contributed by atoms with Crippen LogP contribution >= 0.6 is 0 Å². The summed E-state index contributed by atoms with van der Waals surface area (Å²) in [7, 11) is 0.963. The van der Waals surface area contributed by atoms with Crippen LogP contribution in [0.25, 0.3) is 0 Å². The fraction of sp³-hybridized carbons (Fsp3) is 0.688. The maximum atomic E-state index is 11.9. The van der Waals surface area contributed by atoms with E-state index >= 15 is 0 Å². The largest absolute Gasteiger partial charge is 0.477 e. The Labute approximate surface area is 159 Å². The van der Waals surface area contributed by atoms with Crippen molar-refractivity contribution in [2.45, 2.75) is 57.9 Å². The van der Waals surface area contributed by atoms with Gasteiger partial charge >= 0.3 is 35.6 Å². The summed E-state index contributed by atoms with van der Waals surface area (Å²) in [5.74, 6) is -7.73. The summed E-state index contributed by atoms with van der Waals surface area (Å²) in [6.45, 7) is 3.58. The standard InChI is InChI=1S/C16H22O12/c1-7(17)24-6-11-12(25-8(2)18)13(26-9(3)19)14(27-10(4)20)16(23-5,28-11)15(21)22/h11-14H,6H2,1-5H3,(H,21,22)/t11-,12-,13+,14+,16-/m1/s1. The van der Waals surface area contributed by atoms with Crippen LogP contribution in [-0.2, 0) is 52.4 Å². The van der Waals surface area contributed by atoms with Crippen LogP contribution in [0.4, 0.5) is 0 Å². The van der Waals surface area contributed by atoms with Gasteiger partial charge in [-0.3, -0.25) is 19.2 Å². The SMILES string of the molecule is CO[C@@]1(C(=O)O)O[C@H](COC(C)=O)[C@@H](OC(C)=O)[C@H](OC(C)=O)[C@@H]1OC(C)=O. The molecule has 1 aliphatic rings. The molecule has 0 aromatic carbocycles. The number of ether oxygens (including phenoxy) is 6. The van der Waals surface area contributed by atoms with Crippen molar-refractivity contribution in [3.63, 3.8) is 0 Å². The number of carboxylic acids is 1. The molecule has 28 heavy (non-hydrogen) atoms. The first-order valence-corrected chi connectivity index (χ1v) is 8.06. The molecule has 12 nitrogen and oxygen atoms in total. The normalized spacial score (nSPS) is 29.3. The molecule has 1 saturated heterocycles. The highest BCUT2D eigenvalue weighted by Gasteiger charge is 2.65. The van der Waals surface area contributed by atoms with E-state index in [2.05, 4.69) is 0 Å². The number of esters is 4. The minimum absolute atomic E-state index is 0.559. The van der Waals surface area contributed by atoms with E-state index in [0.29, 0.717) is 0 Å². The zero-order valence-electron chi connectivity index (χ0n) is 16.0. The molecule has 1 rings (SSSR count). The zero-order chi connectivity index (χ0) is 21.6. The highest BCUT2D eigenvalue weighted by molar-refractivity contribution is 5.78. The second-order valence-corrected chi connectivity index (χ2v) is 5.81. The van der Waals surface area contributed by atoms with Crippen molar-refractivity contribution in [3.8, 4) is 0 Å². The van der Waals surface area contributed by atoms with Crippen LogP contribution in [0, 0.1) is 0 Å². The second kappa shape index (κ2) is 9.46. The van der Waals surface area contributed by atoms with Gasteiger partial charge in [0.05, 0.1) is 0 Å². The lowest BCUT2D eigenvalue weighted by Crippen LogP contribution is -2.71. The lowest BCUT2D eigenvalue weighted by molar-refractivity contribution is -0.348. The molecular formula is C16H22O12. The molecule has 1 aliphatic heterocycles. The third kappa shape index (κ3) is 5.39. The van der Waals surface area contributed by atoms with Gasteiger partial charge in [0.2, 0.25) is 6.10 Å². The quantitative estimate of drug-likeness (QED) is 0.413. The highest BCUT2D eigenvalue weighted by atomic mass is 16.8. The van der Waals surface area contributed by atoms with Gasteiger partial charge in [0.1, 0.15) is 12.7 Å². The summed E-state index contributed by atoms with van der Waals surface area (Å²) < 4.78 is 30.5. The molecule has 0 radical (unpaired) electrons. The predicted molar refractivity (Wildman–Crippen MR) is 85.5 cm³/mol. The van der Waals surface area contributed by atoms with Crippen molar-refractivity contribution in [2.75, 3.05) is 13.7 Å². The topological polar surface area (TPSA) is 161 Å². The Morgan fingerprint density at radius 2 is 1.36 bits per heavy atom. The van der Waals surface area contributed by atoms with Crippen molar-refractivity contribution in [2.24, 2.45) is 0 Å². The predicted octanol–water partition coefficient (Wildman–Crippen LogP) is -0.829. The Morgan fingerprint density at radius 3 is 1.75 bits per heavy atom. The molecule has 0 aliphatic carbocycles. The molecule has 0 saturated carbocycles. The van der Waals surface area contributed by atoms with E-state index in [9.17, 15) is 29.1 Å². The summed E-state index contributed by atoms with van der Waals surface area (Å²) in [4.78, 5) is 57.8. The van der Waals surface area contributed by atoms with Crippen LogP contribution < -0.4 is 0 Å². The van der Waals surface area contributed by atoms with Crippen molar-refractivity contribution >= 4 is 29.8 Å². The number of hydrogen-bond acceptors (Lipinski definition) is 11. The number of methoxy groups -OCH3 is 1. The fourth-order valence-electron chi connectivity index (χ4n) is 2.69. The summed E-state index contributed by atoms with van der Waals surface area (Å²) in [6, 6.07) is 0. The number of aliphatic carboxylic acids is 1. The first-order valence-electron chi connectivity index (χ1n) is 8.06. The van der Waals surface area contributed by atoms with E-state index in [1.165, 1.54) is 0 Å². The molecule has 5 atom stereocenters. The maximum absolute atomic E-state index is 11.9. The molecule has 0 spiro atoms. The van der Waals surface area contributed by atoms with E-state index in [1.807, 2.05) is 0 Å². The number of rotatable bonds is 7. The molecule has 1 fully saturated rings. The molecular weight excluding hydrogens is 384 g/mol. The fourth-order valence-corrected chi connectivity index (χ4v) is 2.69. The molecule has 1 heterocycles. The molecule has 158 valence electrons. The number of carboxylic acid groups (broad SMARTS) is 1. The zero-order valence-corrected chi connectivity index (χ0v) is 16.0. The third-order valence-corrected chi connectivity index (χ3v) is 3.64. The van der Waals surface area contributed by atoms with Gasteiger partial charge < -0.3 is 33.5 Å². The summed E-state index contributed by atoms with van der Waals surface area (Å²) in [5.41, 5.74) is 0. The number of carbonyl (C=O) groups is 5. The third-order valence-electron chi connectivity index (χ3n) is 3.64. The Balaban J connectivity index is 3.52. The van der Waals surface area contributed by atoms with Gasteiger partial charge in [0.25, 0.3) is 0 Å². The second-order valence-electron chi connectivity index (χ2n) is 5.81. The smallest absolute Gasteiger partial charge is 0.368 e. The summed E-state index contributed by atoms with van der Waals surface area (Å²) >= 11 is 0. The molecule has 0 unspecified atom stereocenters. The van der Waals surface area contributed by atoms with Gasteiger partial charge in [-0.2, -0.15) is 0 Å². The maximum Gasteiger partial charge on any atom is 0.368 e. The number of carbonyl (C=O) groups excluding carboxylic acids is 4. The minimum atomic E-state index is -2.63. The van der Waals surface area contributed by atoms with Gasteiger partial charge in [0.15, 0.2) is 12.2 Å². The first-order chi connectivity index (χ1) is 12.9. The molecule has 0 bridgehead atoms. The Bertz CT molecular complexity index is 644. The number of hydrogen-bond donors (Lipinski definition) is 1. The van der Waals surface area contributed by atoms with Crippen molar-refractivity contribution in [3.05, 3.63) is 0 Å². The summed E-state index contributed by atoms with van der Waals surface area (Å²) in [5, 5.41) is 9.69. The van der Waals surface area contributed by atoms with E-state index in [0.717, 1.165) is 34.8 Å². The van der Waals surface area contributed by atoms with Gasteiger partial charge in [-0.1, -0.05) is 0 Å². The Kier molecular flexibility index (Phi) is 7.88. The monoisotopic (exact) mass is 406 g/mol. The van der Waals surface area contributed by atoms with E-state index in [-0.39, 0.29) is 0 Å². The molecule has 0 aromatic rings. The van der Waals surface area contributed by atoms with Crippen LogP contribution in [-0.4, -0.2) is 78.9 Å². The van der Waals surface area contributed by atoms with Crippen LogP contribution in [0.1, 0.15) is 27.7 Å². The minimum Gasteiger partial charge on any atom is -0.477 e. The molecule has 1 N–H and O–H groups in total. The van der Waals surface area contributed by atoms with Crippen molar-refractivity contribution in [1.29, 1.82) is 0 Å². The lowest BCUT2D eigenvalue weighted by atomic mass is 9.91. The first kappa shape index (κ1) is 23.3. The van der Waals surface area contributed by atoms with Crippen LogP contribution in [0.15, 0.2) is 0 Å². The van der Waals surface area contributed by atoms with Gasteiger partial charge in [-0.15, -0.1) is 0 Å². The average molecular weight is 406 g/mol.